The summed E-state index contributed by atoms with van der Waals surface area (Å²) in [5.74, 6) is -0.0940. The van der Waals surface area contributed by atoms with Crippen molar-refractivity contribution < 1.29 is 4.79 Å². The number of carbonyl (C=O) groups is 1. The van der Waals surface area contributed by atoms with Crippen LogP contribution in [0.1, 0.15) is 35.9 Å². The second-order valence-corrected chi connectivity index (χ2v) is 6.39. The van der Waals surface area contributed by atoms with Crippen molar-refractivity contribution in [3.8, 4) is 0 Å². The highest BCUT2D eigenvalue weighted by Gasteiger charge is 2.49. The van der Waals surface area contributed by atoms with E-state index < -0.39 is 0 Å². The number of aryl methyl sites for hydroxylation is 1. The molecule has 1 aliphatic rings. The molecule has 7 nitrogen and oxygen atoms in total. The summed E-state index contributed by atoms with van der Waals surface area (Å²) in [4.78, 5) is 14.5. The number of nitrogens with zero attached hydrogens (tertiary/aromatic N) is 6. The first kappa shape index (κ1) is 14.5. The normalized spacial score (nSPS) is 19.8. The zero-order chi connectivity index (χ0) is 15.9. The SMILES string of the molecule is C=CCn1cc(C(=O)N2CC(C)(C)C2c2cnn(C)c2)nn1. The van der Waals surface area contributed by atoms with Crippen LogP contribution in [0.25, 0.3) is 0 Å². The van der Waals surface area contributed by atoms with Crippen LogP contribution >= 0.6 is 0 Å². The minimum atomic E-state index is -0.0940. The lowest BCUT2D eigenvalue weighted by Crippen LogP contribution is -2.57. The topological polar surface area (TPSA) is 68.8 Å². The summed E-state index contributed by atoms with van der Waals surface area (Å²) < 4.78 is 3.36. The van der Waals surface area contributed by atoms with Gasteiger partial charge < -0.3 is 4.90 Å². The molecule has 1 aliphatic heterocycles. The van der Waals surface area contributed by atoms with Gasteiger partial charge in [-0.2, -0.15) is 5.10 Å². The molecule has 1 amide bonds. The Labute approximate surface area is 129 Å². The summed E-state index contributed by atoms with van der Waals surface area (Å²) in [6.07, 6.45) is 7.16. The molecule has 0 N–H and O–H groups in total. The summed E-state index contributed by atoms with van der Waals surface area (Å²) in [7, 11) is 1.88. The first-order chi connectivity index (χ1) is 10.4. The van der Waals surface area contributed by atoms with E-state index in [0.717, 1.165) is 5.56 Å². The van der Waals surface area contributed by atoms with Crippen LogP contribution in [-0.2, 0) is 13.6 Å². The second-order valence-electron chi connectivity index (χ2n) is 6.39. The lowest BCUT2D eigenvalue weighted by Gasteiger charge is -2.53. The third-order valence-corrected chi connectivity index (χ3v) is 4.01. The Kier molecular flexibility index (Phi) is 3.35. The van der Waals surface area contributed by atoms with Crippen molar-refractivity contribution in [2.24, 2.45) is 12.5 Å². The lowest BCUT2D eigenvalue weighted by atomic mass is 9.72. The molecule has 0 saturated carbocycles. The van der Waals surface area contributed by atoms with Gasteiger partial charge in [-0.1, -0.05) is 25.1 Å². The Morgan fingerprint density at radius 1 is 1.50 bits per heavy atom. The van der Waals surface area contributed by atoms with Crippen molar-refractivity contribution in [3.63, 3.8) is 0 Å². The van der Waals surface area contributed by atoms with E-state index in [0.29, 0.717) is 18.8 Å². The third kappa shape index (κ3) is 2.32. The molecule has 0 radical (unpaired) electrons. The van der Waals surface area contributed by atoms with Gasteiger partial charge in [0.25, 0.3) is 5.91 Å². The largest absolute Gasteiger partial charge is 0.329 e. The van der Waals surface area contributed by atoms with Crippen LogP contribution in [-0.4, -0.2) is 42.1 Å². The summed E-state index contributed by atoms with van der Waals surface area (Å²) in [6.45, 7) is 9.20. The highest BCUT2D eigenvalue weighted by molar-refractivity contribution is 5.93. The summed E-state index contributed by atoms with van der Waals surface area (Å²) >= 11 is 0. The van der Waals surface area contributed by atoms with Gasteiger partial charge in [0.15, 0.2) is 5.69 Å². The minimum Gasteiger partial charge on any atom is -0.329 e. The monoisotopic (exact) mass is 300 g/mol. The van der Waals surface area contributed by atoms with Crippen LogP contribution in [0, 0.1) is 5.41 Å². The number of carbonyl (C=O) groups excluding carboxylic acids is 1. The van der Waals surface area contributed by atoms with E-state index in [-0.39, 0.29) is 17.4 Å². The standard InChI is InChI=1S/C15H20N6O/c1-5-6-20-9-12(17-18-20)14(22)21-10-15(2,3)13(21)11-7-16-19(4)8-11/h5,7-9,13H,1,6,10H2,2-4H3. The van der Waals surface area contributed by atoms with Gasteiger partial charge in [-0.15, -0.1) is 11.7 Å². The number of hydrogen-bond acceptors (Lipinski definition) is 4. The van der Waals surface area contributed by atoms with Crippen molar-refractivity contribution in [2.45, 2.75) is 26.4 Å². The second kappa shape index (κ2) is 5.08. The number of hydrogen-bond donors (Lipinski definition) is 0. The van der Waals surface area contributed by atoms with E-state index in [1.54, 1.807) is 21.6 Å². The fourth-order valence-corrected chi connectivity index (χ4v) is 3.09. The summed E-state index contributed by atoms with van der Waals surface area (Å²) in [6, 6.07) is 0.0123. The Morgan fingerprint density at radius 3 is 2.86 bits per heavy atom. The molecule has 1 atom stereocenters. The van der Waals surface area contributed by atoms with Crippen LogP contribution in [0.5, 0.6) is 0 Å². The first-order valence-corrected chi connectivity index (χ1v) is 7.23. The Morgan fingerprint density at radius 2 is 2.27 bits per heavy atom. The predicted octanol–water partition coefficient (Wildman–Crippen LogP) is 1.42. The van der Waals surface area contributed by atoms with Crippen molar-refractivity contribution in [1.82, 2.24) is 29.7 Å². The van der Waals surface area contributed by atoms with Crippen LogP contribution in [0.2, 0.25) is 0 Å². The van der Waals surface area contributed by atoms with Crippen molar-refractivity contribution in [1.29, 1.82) is 0 Å². The first-order valence-electron chi connectivity index (χ1n) is 7.23. The van der Waals surface area contributed by atoms with Gasteiger partial charge in [-0.3, -0.25) is 9.48 Å². The highest BCUT2D eigenvalue weighted by atomic mass is 16.2. The average Bonchev–Trinajstić information content (AvgIpc) is 3.06. The summed E-state index contributed by atoms with van der Waals surface area (Å²) in [5.41, 5.74) is 1.44. The quantitative estimate of drug-likeness (QED) is 0.801. The van der Waals surface area contributed by atoms with Crippen LogP contribution in [0.3, 0.4) is 0 Å². The van der Waals surface area contributed by atoms with Gasteiger partial charge in [-0.05, 0) is 0 Å². The van der Waals surface area contributed by atoms with Gasteiger partial charge >= 0.3 is 0 Å². The predicted molar refractivity (Wildman–Crippen MR) is 81.0 cm³/mol. The molecule has 0 aromatic carbocycles. The van der Waals surface area contributed by atoms with E-state index in [1.165, 1.54) is 0 Å². The fraction of sp³-hybridized carbons (Fsp3) is 0.467. The zero-order valence-corrected chi connectivity index (χ0v) is 13.1. The van der Waals surface area contributed by atoms with Gasteiger partial charge in [0.2, 0.25) is 0 Å². The van der Waals surface area contributed by atoms with E-state index >= 15 is 0 Å². The molecule has 116 valence electrons. The molecule has 2 aromatic rings. The minimum absolute atomic E-state index is 0.0123. The van der Waals surface area contributed by atoms with Crippen molar-refractivity contribution in [3.05, 3.63) is 42.5 Å². The van der Waals surface area contributed by atoms with Crippen LogP contribution in [0.4, 0.5) is 0 Å². The maximum Gasteiger partial charge on any atom is 0.276 e. The highest BCUT2D eigenvalue weighted by Crippen LogP contribution is 2.48. The van der Waals surface area contributed by atoms with Gasteiger partial charge in [-0.25, -0.2) is 4.68 Å². The van der Waals surface area contributed by atoms with Gasteiger partial charge in [0, 0.05) is 30.8 Å². The van der Waals surface area contributed by atoms with Crippen LogP contribution < -0.4 is 0 Å². The Bertz CT molecular complexity index is 713. The molecule has 1 fully saturated rings. The average molecular weight is 300 g/mol. The van der Waals surface area contributed by atoms with E-state index in [4.69, 9.17) is 0 Å². The van der Waals surface area contributed by atoms with E-state index in [9.17, 15) is 4.79 Å². The number of amides is 1. The molecule has 1 saturated heterocycles. The fourth-order valence-electron chi connectivity index (χ4n) is 3.09. The van der Waals surface area contributed by atoms with Crippen LogP contribution in [0.15, 0.2) is 31.2 Å². The molecule has 7 heteroatoms. The number of allylic oxidation sites excluding steroid dienone is 1. The molecular formula is C15H20N6O. The number of rotatable bonds is 4. The van der Waals surface area contributed by atoms with Gasteiger partial charge in [0.05, 0.1) is 25.0 Å². The molecule has 22 heavy (non-hydrogen) atoms. The smallest absolute Gasteiger partial charge is 0.276 e. The summed E-state index contributed by atoms with van der Waals surface area (Å²) in [5, 5.41) is 12.1. The Balaban J connectivity index is 1.84. The Hall–Kier alpha value is -2.44. The molecule has 3 heterocycles. The number of aromatic nitrogens is 5. The third-order valence-electron chi connectivity index (χ3n) is 4.01. The zero-order valence-electron chi connectivity index (χ0n) is 13.1. The van der Waals surface area contributed by atoms with E-state index in [2.05, 4.69) is 35.8 Å². The molecular weight excluding hydrogens is 280 g/mol. The lowest BCUT2D eigenvalue weighted by molar-refractivity contribution is -0.0326. The molecule has 0 spiro atoms. The molecule has 0 aliphatic carbocycles. The van der Waals surface area contributed by atoms with Crippen molar-refractivity contribution in [2.75, 3.05) is 6.54 Å². The number of likely N-dealkylation sites (tertiary alicyclic amines) is 1. The molecule has 3 rings (SSSR count). The van der Waals surface area contributed by atoms with Gasteiger partial charge in [0.1, 0.15) is 0 Å². The van der Waals surface area contributed by atoms with E-state index in [1.807, 2.05) is 24.3 Å². The van der Waals surface area contributed by atoms with Crippen molar-refractivity contribution >= 4 is 5.91 Å². The molecule has 2 aromatic heterocycles. The maximum absolute atomic E-state index is 12.7. The molecule has 1 unspecified atom stereocenters. The molecule has 0 bridgehead atoms. The maximum atomic E-state index is 12.7.